The molecular weight excluding hydrogens is 333 g/mol. The SMILES string of the molecule is ClOc1c(Cl)c(OCl)c(Cl)c(OCl)c1Cl. The smallest absolute Gasteiger partial charge is 0.191 e. The Hall–Kier alpha value is 0.360. The number of benzene rings is 1. The Bertz CT molecular complexity index is 303. The summed E-state index contributed by atoms with van der Waals surface area (Å²) < 4.78 is 13.2. The van der Waals surface area contributed by atoms with Crippen molar-refractivity contribution in [2.24, 2.45) is 0 Å². The Morgan fingerprint density at radius 2 is 0.733 bits per heavy atom. The Morgan fingerprint density at radius 3 is 0.867 bits per heavy atom. The van der Waals surface area contributed by atoms with Gasteiger partial charge in [-0.2, -0.15) is 0 Å². The Labute approximate surface area is 115 Å². The molecule has 3 nitrogen and oxygen atoms in total. The molecule has 0 heterocycles. The summed E-state index contributed by atoms with van der Waals surface area (Å²) in [7, 11) is 0. The molecule has 0 aliphatic rings. The van der Waals surface area contributed by atoms with Gasteiger partial charge >= 0.3 is 0 Å². The fourth-order valence-corrected chi connectivity index (χ4v) is 2.44. The van der Waals surface area contributed by atoms with Crippen LogP contribution in [0.25, 0.3) is 0 Å². The van der Waals surface area contributed by atoms with Crippen molar-refractivity contribution < 1.29 is 12.9 Å². The standard InChI is InChI=1S/C6Cl6O3/c7-1-4(13-10)2(8)6(15-12)3(9)5(1)14-11. The maximum absolute atomic E-state index is 5.76. The average Bonchev–Trinajstić information content (AvgIpc) is 2.19. The Morgan fingerprint density at radius 1 is 0.533 bits per heavy atom. The highest BCUT2D eigenvalue weighted by Crippen LogP contribution is 2.52. The summed E-state index contributed by atoms with van der Waals surface area (Å²) in [5.41, 5.74) is 0. The highest BCUT2D eigenvalue weighted by atomic mass is 35.5. The van der Waals surface area contributed by atoms with Crippen molar-refractivity contribution in [1.29, 1.82) is 0 Å². The van der Waals surface area contributed by atoms with Crippen molar-refractivity contribution in [3.05, 3.63) is 15.1 Å². The lowest BCUT2D eigenvalue weighted by Gasteiger charge is -2.11. The van der Waals surface area contributed by atoms with Crippen molar-refractivity contribution >= 4 is 70.4 Å². The van der Waals surface area contributed by atoms with Gasteiger partial charge in [-0.25, -0.2) is 0 Å². The molecule has 9 heteroatoms. The van der Waals surface area contributed by atoms with Crippen molar-refractivity contribution in [1.82, 2.24) is 0 Å². The van der Waals surface area contributed by atoms with Crippen molar-refractivity contribution in [3.63, 3.8) is 0 Å². The van der Waals surface area contributed by atoms with Crippen LogP contribution in [-0.2, 0) is 0 Å². The van der Waals surface area contributed by atoms with Gasteiger partial charge in [0.15, 0.2) is 17.2 Å². The summed E-state index contributed by atoms with van der Waals surface area (Å²) >= 11 is 32.7. The minimum Gasteiger partial charge on any atom is -0.382 e. The molecule has 0 bridgehead atoms. The van der Waals surface area contributed by atoms with Crippen LogP contribution < -0.4 is 12.9 Å². The lowest BCUT2D eigenvalue weighted by atomic mass is 10.3. The van der Waals surface area contributed by atoms with Gasteiger partial charge in [0.25, 0.3) is 0 Å². The molecule has 0 aromatic heterocycles. The number of hydrogen-bond acceptors (Lipinski definition) is 3. The van der Waals surface area contributed by atoms with Crippen LogP contribution in [0.3, 0.4) is 0 Å². The third kappa shape index (κ3) is 2.38. The van der Waals surface area contributed by atoms with E-state index in [2.05, 4.69) is 12.9 Å². The summed E-state index contributed by atoms with van der Waals surface area (Å²) in [4.78, 5) is 0. The topological polar surface area (TPSA) is 27.7 Å². The summed E-state index contributed by atoms with van der Waals surface area (Å²) in [5, 5.41) is -0.313. The maximum atomic E-state index is 5.76. The largest absolute Gasteiger partial charge is 0.382 e. The third-order valence-electron chi connectivity index (χ3n) is 1.43. The average molecular weight is 333 g/mol. The van der Waals surface area contributed by atoms with Gasteiger partial charge in [-0.05, 0) is 0 Å². The molecule has 0 aliphatic carbocycles. The second-order valence-corrected chi connectivity index (χ2v) is 3.76. The number of hydrogen-bond donors (Lipinski definition) is 0. The van der Waals surface area contributed by atoms with Gasteiger partial charge in [-0.15, -0.1) is 0 Å². The zero-order chi connectivity index (χ0) is 11.6. The predicted octanol–water partition coefficient (Wildman–Crippen LogP) is 5.24. The molecule has 1 rings (SSSR count). The van der Waals surface area contributed by atoms with Crippen LogP contribution in [0.5, 0.6) is 17.2 Å². The minimum absolute atomic E-state index is 0.104. The van der Waals surface area contributed by atoms with E-state index < -0.39 is 0 Å². The van der Waals surface area contributed by atoms with E-state index >= 15 is 0 Å². The third-order valence-corrected chi connectivity index (χ3v) is 2.92. The van der Waals surface area contributed by atoms with Crippen LogP contribution in [0.1, 0.15) is 0 Å². The minimum atomic E-state index is -0.129. The van der Waals surface area contributed by atoms with E-state index in [0.717, 1.165) is 0 Å². The molecule has 1 aromatic rings. The molecule has 0 saturated heterocycles. The van der Waals surface area contributed by atoms with E-state index in [1.807, 2.05) is 0 Å². The molecule has 0 fully saturated rings. The van der Waals surface area contributed by atoms with Gasteiger partial charge in [0, 0.05) is 0 Å². The van der Waals surface area contributed by atoms with E-state index in [4.69, 9.17) is 70.4 Å². The molecule has 0 aliphatic heterocycles. The van der Waals surface area contributed by atoms with Crippen LogP contribution >= 0.6 is 70.4 Å². The van der Waals surface area contributed by atoms with Gasteiger partial charge in [0.05, 0.1) is 0 Å². The molecule has 84 valence electrons. The lowest BCUT2D eigenvalue weighted by Crippen LogP contribution is -1.89. The summed E-state index contributed by atoms with van der Waals surface area (Å²) in [6.07, 6.45) is 0. The van der Waals surface area contributed by atoms with Crippen molar-refractivity contribution in [2.45, 2.75) is 0 Å². The summed E-state index contributed by atoms with van der Waals surface area (Å²) in [5.74, 6) is -0.387. The quantitative estimate of drug-likeness (QED) is 0.757. The van der Waals surface area contributed by atoms with Gasteiger partial charge in [-0.3, -0.25) is 0 Å². The molecule has 0 radical (unpaired) electrons. The summed E-state index contributed by atoms with van der Waals surface area (Å²) in [6.45, 7) is 0. The van der Waals surface area contributed by atoms with E-state index in [9.17, 15) is 0 Å². The highest BCUT2D eigenvalue weighted by molar-refractivity contribution is 6.44. The molecule has 0 N–H and O–H groups in total. The second-order valence-electron chi connectivity index (χ2n) is 2.16. The van der Waals surface area contributed by atoms with Gasteiger partial charge in [0.2, 0.25) is 0 Å². The maximum Gasteiger partial charge on any atom is 0.191 e. The number of halogens is 6. The highest BCUT2D eigenvalue weighted by Gasteiger charge is 2.25. The van der Waals surface area contributed by atoms with Crippen LogP contribution in [0, 0.1) is 0 Å². The van der Waals surface area contributed by atoms with E-state index in [1.54, 1.807) is 0 Å². The van der Waals surface area contributed by atoms with Crippen LogP contribution in [0.4, 0.5) is 0 Å². The first kappa shape index (κ1) is 13.4. The van der Waals surface area contributed by atoms with E-state index in [0.29, 0.717) is 0 Å². The molecule has 0 amide bonds. The monoisotopic (exact) mass is 330 g/mol. The molecule has 0 atom stereocenters. The second kappa shape index (κ2) is 5.62. The molecule has 15 heavy (non-hydrogen) atoms. The van der Waals surface area contributed by atoms with Gasteiger partial charge in [0.1, 0.15) is 50.7 Å². The zero-order valence-corrected chi connectivity index (χ0v) is 11.0. The first-order valence-corrected chi connectivity index (χ1v) is 5.20. The fourth-order valence-electron chi connectivity index (χ4n) is 0.802. The fraction of sp³-hybridized carbons (Fsp3) is 0. The van der Waals surface area contributed by atoms with Crippen LogP contribution in [0.15, 0.2) is 0 Å². The summed E-state index contributed by atoms with van der Waals surface area (Å²) in [6, 6.07) is 0. The van der Waals surface area contributed by atoms with Gasteiger partial charge in [-0.1, -0.05) is 34.8 Å². The first-order chi connectivity index (χ1) is 7.08. The first-order valence-electron chi connectivity index (χ1n) is 3.14. The zero-order valence-electron chi connectivity index (χ0n) is 6.49. The predicted molar refractivity (Wildman–Crippen MR) is 60.9 cm³/mol. The molecule has 1 aromatic carbocycles. The molecule has 0 unspecified atom stereocenters. The Kier molecular flexibility index (Phi) is 5.03. The number of rotatable bonds is 3. The van der Waals surface area contributed by atoms with E-state index in [1.165, 1.54) is 0 Å². The molecular formula is C6Cl6O3. The Balaban J connectivity index is 3.57. The van der Waals surface area contributed by atoms with Crippen molar-refractivity contribution in [2.75, 3.05) is 0 Å². The van der Waals surface area contributed by atoms with Crippen LogP contribution in [0.2, 0.25) is 15.1 Å². The van der Waals surface area contributed by atoms with E-state index in [-0.39, 0.29) is 32.3 Å². The molecule has 0 spiro atoms. The van der Waals surface area contributed by atoms with Gasteiger partial charge < -0.3 is 12.9 Å². The lowest BCUT2D eigenvalue weighted by molar-refractivity contribution is 0.566. The van der Waals surface area contributed by atoms with Crippen molar-refractivity contribution in [3.8, 4) is 17.2 Å². The normalized spacial score (nSPS) is 10.0. The molecule has 0 saturated carbocycles. The van der Waals surface area contributed by atoms with Crippen LogP contribution in [-0.4, -0.2) is 0 Å².